The topological polar surface area (TPSA) is 146 Å². The molecule has 0 unspecified atom stereocenters. The van der Waals surface area contributed by atoms with Gasteiger partial charge in [0.1, 0.15) is 4.92 Å². The minimum Gasteiger partial charge on any atom is -0.450 e. The molecular formula is C11H12N2O8S. The van der Waals surface area contributed by atoms with Gasteiger partial charge in [0.05, 0.1) is 17.6 Å². The van der Waals surface area contributed by atoms with E-state index in [1.165, 1.54) is 0 Å². The van der Waals surface area contributed by atoms with Crippen molar-refractivity contribution in [2.45, 2.75) is 12.5 Å². The SMILES string of the molecule is O=C(COC(=O)c1ccc([N+](=O)[O-])o1)N[C@H]1CCS(=O)(=O)C1. The van der Waals surface area contributed by atoms with Crippen LogP contribution in [0.15, 0.2) is 16.5 Å². The summed E-state index contributed by atoms with van der Waals surface area (Å²) in [5, 5.41) is 12.8. The van der Waals surface area contributed by atoms with E-state index in [1.54, 1.807) is 0 Å². The van der Waals surface area contributed by atoms with Gasteiger partial charge in [-0.15, -0.1) is 0 Å². The Balaban J connectivity index is 1.80. The molecule has 1 aliphatic rings. The van der Waals surface area contributed by atoms with Crippen molar-refractivity contribution in [3.8, 4) is 0 Å². The van der Waals surface area contributed by atoms with E-state index in [2.05, 4.69) is 14.5 Å². The van der Waals surface area contributed by atoms with E-state index in [0.717, 1.165) is 12.1 Å². The van der Waals surface area contributed by atoms with Crippen molar-refractivity contribution in [3.05, 3.63) is 28.0 Å². The van der Waals surface area contributed by atoms with Crippen molar-refractivity contribution in [2.24, 2.45) is 0 Å². The second kappa shape index (κ2) is 6.13. The second-order valence-electron chi connectivity index (χ2n) is 4.64. The number of hydrogen-bond donors (Lipinski definition) is 1. The van der Waals surface area contributed by atoms with Gasteiger partial charge in [-0.3, -0.25) is 14.9 Å². The summed E-state index contributed by atoms with van der Waals surface area (Å²) in [4.78, 5) is 32.6. The molecule has 2 heterocycles. The molecule has 0 radical (unpaired) electrons. The smallest absolute Gasteiger partial charge is 0.433 e. The Bertz CT molecular complexity index is 707. The van der Waals surface area contributed by atoms with Crippen LogP contribution in [0.2, 0.25) is 0 Å². The molecule has 10 nitrogen and oxygen atoms in total. The summed E-state index contributed by atoms with van der Waals surface area (Å²) in [6.07, 6.45) is 0.312. The molecule has 1 atom stereocenters. The monoisotopic (exact) mass is 332 g/mol. The lowest BCUT2D eigenvalue weighted by Gasteiger charge is -2.10. The molecule has 0 aliphatic carbocycles. The molecule has 1 aliphatic heterocycles. The molecular weight excluding hydrogens is 320 g/mol. The van der Waals surface area contributed by atoms with E-state index >= 15 is 0 Å². The molecule has 0 aromatic carbocycles. The Kier molecular flexibility index (Phi) is 4.45. The molecule has 0 spiro atoms. The number of carbonyl (C=O) groups is 2. The standard InChI is InChI=1S/C11H12N2O8S/c14-9(12-7-3-4-22(18,19)6-7)5-20-11(15)8-1-2-10(21-8)13(16)17/h1-2,7H,3-6H2,(H,12,14)/t7-/m0/s1. The number of furan rings is 1. The van der Waals surface area contributed by atoms with E-state index < -0.39 is 50.9 Å². The number of esters is 1. The average Bonchev–Trinajstić information content (AvgIpc) is 3.03. The fourth-order valence-electron chi connectivity index (χ4n) is 1.92. The van der Waals surface area contributed by atoms with Crippen LogP contribution in [0.25, 0.3) is 0 Å². The van der Waals surface area contributed by atoms with Crippen molar-refractivity contribution < 1.29 is 32.1 Å². The summed E-state index contributed by atoms with van der Waals surface area (Å²) >= 11 is 0. The van der Waals surface area contributed by atoms with E-state index in [4.69, 9.17) is 0 Å². The van der Waals surface area contributed by atoms with Gasteiger partial charge in [-0.25, -0.2) is 13.2 Å². The number of nitrogens with one attached hydrogen (secondary N) is 1. The molecule has 1 aromatic rings. The third-order valence-corrected chi connectivity index (χ3v) is 4.67. The maximum Gasteiger partial charge on any atom is 0.433 e. The Morgan fingerprint density at radius 3 is 2.73 bits per heavy atom. The molecule has 1 N–H and O–H groups in total. The number of hydrogen-bond acceptors (Lipinski definition) is 8. The van der Waals surface area contributed by atoms with Gasteiger partial charge >= 0.3 is 11.9 Å². The maximum atomic E-state index is 11.5. The lowest BCUT2D eigenvalue weighted by Crippen LogP contribution is -2.38. The van der Waals surface area contributed by atoms with Crippen LogP contribution in [-0.2, 0) is 19.4 Å². The van der Waals surface area contributed by atoms with Crippen molar-refractivity contribution in [1.82, 2.24) is 5.32 Å². The molecule has 11 heteroatoms. The normalized spacial score (nSPS) is 19.5. The average molecular weight is 332 g/mol. The third-order valence-electron chi connectivity index (χ3n) is 2.90. The Hall–Kier alpha value is -2.43. The number of amides is 1. The summed E-state index contributed by atoms with van der Waals surface area (Å²) in [6, 6.07) is 1.54. The highest BCUT2D eigenvalue weighted by atomic mass is 32.2. The zero-order chi connectivity index (χ0) is 16.3. The first-order valence-corrected chi connectivity index (χ1v) is 8.00. The Labute approximate surface area is 124 Å². The predicted molar refractivity (Wildman–Crippen MR) is 70.8 cm³/mol. The maximum absolute atomic E-state index is 11.5. The van der Waals surface area contributed by atoms with Crippen LogP contribution in [0, 0.1) is 10.1 Å². The van der Waals surface area contributed by atoms with Gasteiger partial charge in [0.15, 0.2) is 16.4 Å². The van der Waals surface area contributed by atoms with Crippen LogP contribution in [0.4, 0.5) is 5.88 Å². The van der Waals surface area contributed by atoms with Gasteiger partial charge in [-0.1, -0.05) is 0 Å². The summed E-state index contributed by atoms with van der Waals surface area (Å²) in [5.74, 6) is -2.83. The van der Waals surface area contributed by atoms with Crippen molar-refractivity contribution >= 4 is 27.6 Å². The number of nitro groups is 1. The zero-order valence-corrected chi connectivity index (χ0v) is 12.0. The molecule has 0 saturated carbocycles. The van der Waals surface area contributed by atoms with Crippen molar-refractivity contribution in [2.75, 3.05) is 18.1 Å². The number of sulfone groups is 1. The molecule has 1 fully saturated rings. The summed E-state index contributed by atoms with van der Waals surface area (Å²) in [5.41, 5.74) is 0. The predicted octanol–water partition coefficient (Wildman–Crippen LogP) is -0.352. The van der Waals surface area contributed by atoms with Crippen LogP contribution < -0.4 is 5.32 Å². The van der Waals surface area contributed by atoms with Crippen LogP contribution in [0.3, 0.4) is 0 Å². The number of rotatable bonds is 5. The largest absolute Gasteiger partial charge is 0.450 e. The van der Waals surface area contributed by atoms with Crippen LogP contribution in [0.1, 0.15) is 17.0 Å². The first kappa shape index (κ1) is 15.9. The number of ether oxygens (including phenoxy) is 1. The summed E-state index contributed by atoms with van der Waals surface area (Å²) in [7, 11) is -3.12. The van der Waals surface area contributed by atoms with E-state index in [-0.39, 0.29) is 11.5 Å². The lowest BCUT2D eigenvalue weighted by atomic mass is 10.2. The van der Waals surface area contributed by atoms with Gasteiger partial charge in [-0.2, -0.15) is 0 Å². The first-order chi connectivity index (χ1) is 10.3. The molecule has 1 aromatic heterocycles. The van der Waals surface area contributed by atoms with E-state index in [0.29, 0.717) is 6.42 Å². The molecule has 1 saturated heterocycles. The number of nitrogens with zero attached hydrogens (tertiary/aromatic N) is 1. The second-order valence-corrected chi connectivity index (χ2v) is 6.87. The highest BCUT2D eigenvalue weighted by molar-refractivity contribution is 7.91. The Morgan fingerprint density at radius 1 is 1.45 bits per heavy atom. The molecule has 1 amide bonds. The van der Waals surface area contributed by atoms with Gasteiger partial charge in [0.2, 0.25) is 5.76 Å². The minimum atomic E-state index is -3.12. The highest BCUT2D eigenvalue weighted by Gasteiger charge is 2.29. The zero-order valence-electron chi connectivity index (χ0n) is 11.2. The van der Waals surface area contributed by atoms with Crippen molar-refractivity contribution in [1.29, 1.82) is 0 Å². The fraction of sp³-hybridized carbons (Fsp3) is 0.455. The van der Waals surface area contributed by atoms with Gasteiger partial charge in [0, 0.05) is 6.04 Å². The van der Waals surface area contributed by atoms with Gasteiger partial charge < -0.3 is 14.5 Å². The third kappa shape index (κ3) is 4.04. The van der Waals surface area contributed by atoms with E-state index in [9.17, 15) is 28.1 Å². The van der Waals surface area contributed by atoms with E-state index in [1.807, 2.05) is 0 Å². The summed E-state index contributed by atoms with van der Waals surface area (Å²) < 4.78 is 31.7. The lowest BCUT2D eigenvalue weighted by molar-refractivity contribution is -0.402. The van der Waals surface area contributed by atoms with Crippen LogP contribution in [0.5, 0.6) is 0 Å². The highest BCUT2D eigenvalue weighted by Crippen LogP contribution is 2.16. The van der Waals surface area contributed by atoms with Crippen LogP contribution >= 0.6 is 0 Å². The molecule has 22 heavy (non-hydrogen) atoms. The molecule has 0 bridgehead atoms. The quantitative estimate of drug-likeness (QED) is 0.437. The Morgan fingerprint density at radius 2 is 2.18 bits per heavy atom. The minimum absolute atomic E-state index is 0.00774. The van der Waals surface area contributed by atoms with Gasteiger partial charge in [-0.05, 0) is 12.5 Å². The van der Waals surface area contributed by atoms with Crippen molar-refractivity contribution in [3.63, 3.8) is 0 Å². The summed E-state index contributed by atoms with van der Waals surface area (Å²) in [6.45, 7) is -0.635. The fourth-order valence-corrected chi connectivity index (χ4v) is 3.59. The molecule has 2 rings (SSSR count). The van der Waals surface area contributed by atoms with Crippen LogP contribution in [-0.4, -0.2) is 49.4 Å². The first-order valence-electron chi connectivity index (χ1n) is 6.18. The van der Waals surface area contributed by atoms with Gasteiger partial charge in [0.25, 0.3) is 5.91 Å². The number of carbonyl (C=O) groups excluding carboxylic acids is 2. The molecule has 120 valence electrons.